The number of rotatable bonds is 10. The number of nitrogens with one attached hydrogen (secondary N) is 1. The van der Waals surface area contributed by atoms with Gasteiger partial charge < -0.3 is 72.7 Å². The maximum absolute atomic E-state index is 11.6. The van der Waals surface area contributed by atoms with Crippen molar-refractivity contribution in [2.24, 2.45) is 32.9 Å². The van der Waals surface area contributed by atoms with Crippen molar-refractivity contribution in [2.75, 3.05) is 26.8 Å². The summed E-state index contributed by atoms with van der Waals surface area (Å²) in [5.41, 5.74) is 21.5. The van der Waals surface area contributed by atoms with E-state index in [-0.39, 0.29) is 44.0 Å². The van der Waals surface area contributed by atoms with Gasteiger partial charge in [0.05, 0.1) is 37.4 Å². The van der Waals surface area contributed by atoms with Crippen molar-refractivity contribution in [3.05, 3.63) is 0 Å². The quantitative estimate of drug-likeness (QED) is 0.0848. The van der Waals surface area contributed by atoms with Crippen molar-refractivity contribution >= 4 is 11.7 Å². The van der Waals surface area contributed by atoms with Crippen molar-refractivity contribution < 1.29 is 44.5 Å². The predicted molar refractivity (Wildman–Crippen MR) is 149 cm³/mol. The number of aliphatic hydroxyl groups excluding tert-OH is 3. The molecule has 14 N–H and O–H groups in total. The second-order valence-electron chi connectivity index (χ2n) is 11.9. The second kappa shape index (κ2) is 13.8. The lowest BCUT2D eigenvalue weighted by molar-refractivity contribution is -0.306. The number of aliphatic hydroxyl groups is 5. The Balaban J connectivity index is 1.83. The molecule has 0 amide bonds. The van der Waals surface area contributed by atoms with Crippen LogP contribution in [0.3, 0.4) is 0 Å². The first-order chi connectivity index (χ1) is 19.1. The summed E-state index contributed by atoms with van der Waals surface area (Å²) in [5, 5.41) is 55.5. The molecule has 0 aromatic rings. The monoisotopic (exact) mass is 591 g/mol. The third-order valence-electron chi connectivity index (χ3n) is 7.80. The van der Waals surface area contributed by atoms with Crippen LogP contribution in [-0.4, -0.2) is 142 Å². The fourth-order valence-corrected chi connectivity index (χ4v) is 5.32. The van der Waals surface area contributed by atoms with E-state index in [2.05, 4.69) is 15.3 Å². The molecule has 3 rings (SSSR count). The van der Waals surface area contributed by atoms with Gasteiger partial charge in [-0.15, -0.1) is 0 Å². The molecule has 0 bridgehead atoms. The standard InChI is InChI=1S/C25H49N7O9/c1-24(2,36)23(29)32-14-7-13(27)18(40-21-12(26)6-5-11(39-21)8-31-15(28)9-33)16(34)19(14)41-22-17(35)20(30-4)25(3,37)10-38-22/h11-14,16-22,30,33-37H,5-10,26-27H2,1-4H3,(H2,28,31)(H2,29,32). The van der Waals surface area contributed by atoms with Crippen LogP contribution < -0.4 is 28.3 Å². The Morgan fingerprint density at radius 3 is 2.34 bits per heavy atom. The number of hydrogen-bond acceptors (Lipinski definition) is 14. The number of aliphatic imine (C=N–C) groups is 2. The van der Waals surface area contributed by atoms with Gasteiger partial charge in [0.2, 0.25) is 0 Å². The first-order valence-electron chi connectivity index (χ1n) is 13.9. The van der Waals surface area contributed by atoms with Crippen LogP contribution in [0.1, 0.15) is 40.0 Å². The highest BCUT2D eigenvalue weighted by Crippen LogP contribution is 2.33. The van der Waals surface area contributed by atoms with E-state index in [9.17, 15) is 20.4 Å². The highest BCUT2D eigenvalue weighted by molar-refractivity contribution is 5.88. The first-order valence-corrected chi connectivity index (χ1v) is 13.9. The van der Waals surface area contributed by atoms with E-state index in [0.717, 1.165) is 0 Å². The molecule has 0 radical (unpaired) electrons. The Kier molecular flexibility index (Phi) is 11.5. The van der Waals surface area contributed by atoms with Gasteiger partial charge in [-0.2, -0.15) is 0 Å². The van der Waals surface area contributed by atoms with Crippen LogP contribution >= 0.6 is 0 Å². The van der Waals surface area contributed by atoms with Gasteiger partial charge in [0.15, 0.2) is 12.6 Å². The molecule has 1 aliphatic carbocycles. The number of nitrogens with two attached hydrogens (primary N) is 4. The lowest BCUT2D eigenvalue weighted by atomic mass is 9.83. The van der Waals surface area contributed by atoms with Crippen LogP contribution in [0.4, 0.5) is 0 Å². The first kappa shape index (κ1) is 34.0. The van der Waals surface area contributed by atoms with E-state index in [0.29, 0.717) is 12.8 Å². The Labute approximate surface area is 240 Å². The summed E-state index contributed by atoms with van der Waals surface area (Å²) in [6, 6.07) is -2.93. The van der Waals surface area contributed by atoms with E-state index in [1.807, 2.05) is 0 Å². The van der Waals surface area contributed by atoms with E-state index >= 15 is 0 Å². The Morgan fingerprint density at radius 1 is 1.07 bits per heavy atom. The number of nitrogens with zero attached hydrogens (tertiary/aromatic N) is 2. The van der Waals surface area contributed by atoms with Gasteiger partial charge >= 0.3 is 0 Å². The summed E-state index contributed by atoms with van der Waals surface area (Å²) in [6.45, 7) is 4.13. The van der Waals surface area contributed by atoms with Crippen molar-refractivity contribution in [3.8, 4) is 0 Å². The molecule has 0 aromatic carbocycles. The second-order valence-corrected chi connectivity index (χ2v) is 11.9. The lowest BCUT2D eigenvalue weighted by Crippen LogP contribution is -2.67. The maximum Gasteiger partial charge on any atom is 0.185 e. The SMILES string of the molecule is CNC1C(O)C(OC2C(N=C(N)C(C)(C)O)CC(N)C(OC3OC(CN=C(N)CO)CCC3N)C2O)OCC1(C)O. The Bertz CT molecular complexity index is 918. The molecular weight excluding hydrogens is 542 g/mol. The van der Waals surface area contributed by atoms with Gasteiger partial charge in [0, 0.05) is 6.04 Å². The molecule has 12 atom stereocenters. The molecule has 12 unspecified atom stereocenters. The average molecular weight is 592 g/mol. The Hall–Kier alpha value is -1.54. The zero-order valence-electron chi connectivity index (χ0n) is 24.2. The molecule has 238 valence electrons. The van der Waals surface area contributed by atoms with Gasteiger partial charge in [-0.25, -0.2) is 0 Å². The molecule has 0 spiro atoms. The van der Waals surface area contributed by atoms with Crippen LogP contribution in [0.5, 0.6) is 0 Å². The topological polar surface area (TPSA) is 279 Å². The fourth-order valence-electron chi connectivity index (χ4n) is 5.32. The van der Waals surface area contributed by atoms with Gasteiger partial charge in [0.25, 0.3) is 0 Å². The zero-order chi connectivity index (χ0) is 30.7. The molecule has 16 nitrogen and oxygen atoms in total. The molecule has 2 heterocycles. The summed E-state index contributed by atoms with van der Waals surface area (Å²) in [7, 11) is 1.59. The van der Waals surface area contributed by atoms with E-state index in [1.165, 1.54) is 20.8 Å². The van der Waals surface area contributed by atoms with Gasteiger partial charge in [0.1, 0.15) is 53.9 Å². The summed E-state index contributed by atoms with van der Waals surface area (Å²) in [4.78, 5) is 8.51. The highest BCUT2D eigenvalue weighted by Gasteiger charge is 2.51. The van der Waals surface area contributed by atoms with Crippen molar-refractivity contribution in [1.82, 2.24) is 5.32 Å². The van der Waals surface area contributed by atoms with Crippen molar-refractivity contribution in [2.45, 2.75) is 119 Å². The highest BCUT2D eigenvalue weighted by atomic mass is 16.7. The number of hydrogen-bond donors (Lipinski definition) is 10. The smallest absolute Gasteiger partial charge is 0.185 e. The minimum Gasteiger partial charge on any atom is -0.388 e. The Morgan fingerprint density at radius 2 is 1.73 bits per heavy atom. The van der Waals surface area contributed by atoms with Crippen LogP contribution in [0.25, 0.3) is 0 Å². The van der Waals surface area contributed by atoms with E-state index < -0.39 is 72.4 Å². The van der Waals surface area contributed by atoms with Crippen molar-refractivity contribution in [1.29, 1.82) is 0 Å². The summed E-state index contributed by atoms with van der Waals surface area (Å²) >= 11 is 0. The molecule has 16 heteroatoms. The van der Waals surface area contributed by atoms with E-state index in [1.54, 1.807) is 7.05 Å². The van der Waals surface area contributed by atoms with Crippen LogP contribution in [-0.2, 0) is 18.9 Å². The van der Waals surface area contributed by atoms with Crippen LogP contribution in [0, 0.1) is 0 Å². The molecular formula is C25H49N7O9. The molecule has 41 heavy (non-hydrogen) atoms. The fraction of sp³-hybridized carbons (Fsp3) is 0.920. The van der Waals surface area contributed by atoms with Gasteiger partial charge in [-0.05, 0) is 47.1 Å². The number of ether oxygens (including phenoxy) is 4. The molecule has 2 aliphatic heterocycles. The largest absolute Gasteiger partial charge is 0.388 e. The average Bonchev–Trinajstić information content (AvgIpc) is 2.89. The van der Waals surface area contributed by atoms with Crippen LogP contribution in [0.15, 0.2) is 9.98 Å². The predicted octanol–water partition coefficient (Wildman–Crippen LogP) is -4.42. The summed E-state index contributed by atoms with van der Waals surface area (Å²) in [5.74, 6) is -0.0177. The van der Waals surface area contributed by atoms with E-state index in [4.69, 9.17) is 47.0 Å². The molecule has 0 aromatic heterocycles. The molecule has 3 aliphatic rings. The molecule has 3 fully saturated rings. The number of likely N-dealkylation sites (N-methyl/N-ethyl adjacent to an activating group) is 1. The summed E-state index contributed by atoms with van der Waals surface area (Å²) in [6.07, 6.45) is -6.21. The normalized spacial score (nSPS) is 43.2. The third-order valence-corrected chi connectivity index (χ3v) is 7.80. The number of amidine groups is 2. The van der Waals surface area contributed by atoms with Gasteiger partial charge in [-0.3, -0.25) is 9.98 Å². The minimum atomic E-state index is -1.46. The molecule has 2 saturated heterocycles. The van der Waals surface area contributed by atoms with Crippen molar-refractivity contribution in [3.63, 3.8) is 0 Å². The van der Waals surface area contributed by atoms with Crippen LogP contribution in [0.2, 0.25) is 0 Å². The zero-order valence-corrected chi connectivity index (χ0v) is 24.2. The lowest BCUT2D eigenvalue weighted by Gasteiger charge is -2.48. The maximum atomic E-state index is 11.6. The molecule has 1 saturated carbocycles. The minimum absolute atomic E-state index is 0.0803. The third kappa shape index (κ3) is 8.31. The van der Waals surface area contributed by atoms with Gasteiger partial charge in [-0.1, -0.05) is 0 Å². The summed E-state index contributed by atoms with van der Waals surface area (Å²) < 4.78 is 23.9.